The number of nitrogens with zero attached hydrogens (tertiary/aromatic N) is 2. The van der Waals surface area contributed by atoms with Crippen molar-refractivity contribution >= 4 is 41.7 Å². The third kappa shape index (κ3) is 12.2. The van der Waals surface area contributed by atoms with Crippen molar-refractivity contribution in [2.75, 3.05) is 46.2 Å². The molecule has 0 aliphatic carbocycles. The molecule has 0 radical (unpaired) electrons. The van der Waals surface area contributed by atoms with Crippen LogP contribution in [0.15, 0.2) is 29.8 Å². The van der Waals surface area contributed by atoms with Crippen LogP contribution >= 0.6 is 24.0 Å². The summed E-state index contributed by atoms with van der Waals surface area (Å²) in [6.45, 7) is 13.9. The number of β-amino-alcohol motifs (C(OH)–C–C–N with tert-alkyl or cyclic N) is 1. The Bertz CT molecular complexity index is 1270. The summed E-state index contributed by atoms with van der Waals surface area (Å²) in [5.41, 5.74) is 4.96. The average Bonchev–Trinajstić information content (AvgIpc) is 3.59. The second-order valence-corrected chi connectivity index (χ2v) is 15.3. The van der Waals surface area contributed by atoms with Gasteiger partial charge in [0.2, 0.25) is 17.7 Å². The highest BCUT2D eigenvalue weighted by molar-refractivity contribution is 7.81. The minimum Gasteiger partial charge on any atom is -0.391 e. The fraction of sp³-hybridized carbons (Fsp3) is 0.636. The second kappa shape index (κ2) is 17.6. The lowest BCUT2D eigenvalue weighted by Crippen LogP contribution is -2.59. The molecule has 46 heavy (non-hydrogen) atoms. The van der Waals surface area contributed by atoms with Crippen molar-refractivity contribution in [2.24, 2.45) is 5.41 Å². The number of carbonyl (C=O) groups excluding carboxylic acids is 3. The number of aromatic nitrogens is 1. The van der Waals surface area contributed by atoms with Crippen LogP contribution in [0.2, 0.25) is 0 Å². The summed E-state index contributed by atoms with van der Waals surface area (Å²) >= 11 is 6.15. The van der Waals surface area contributed by atoms with E-state index in [9.17, 15) is 19.5 Å². The number of aryl methyl sites for hydroxylation is 1. The van der Waals surface area contributed by atoms with E-state index >= 15 is 0 Å². The smallest absolute Gasteiger partial charge is 0.247 e. The van der Waals surface area contributed by atoms with Gasteiger partial charge in [0, 0.05) is 30.9 Å². The van der Waals surface area contributed by atoms with Crippen molar-refractivity contribution in [3.8, 4) is 10.4 Å². The highest BCUT2D eigenvalue weighted by Gasteiger charge is 2.44. The topological polar surface area (TPSA) is 139 Å². The zero-order valence-electron chi connectivity index (χ0n) is 27.8. The summed E-state index contributed by atoms with van der Waals surface area (Å²) < 4.78 is 15.5. The summed E-state index contributed by atoms with van der Waals surface area (Å²) in [7, 11) is 0. The molecule has 0 saturated carbocycles. The van der Waals surface area contributed by atoms with Gasteiger partial charge in [0.15, 0.2) is 0 Å². The lowest BCUT2D eigenvalue weighted by atomic mass is 9.93. The summed E-state index contributed by atoms with van der Waals surface area (Å²) in [6, 6.07) is 5.91. The molecule has 1 fully saturated rings. The van der Waals surface area contributed by atoms with Crippen LogP contribution in [-0.4, -0.2) is 102 Å². The zero-order chi connectivity index (χ0) is 33.9. The molecule has 2 heterocycles. The maximum atomic E-state index is 13.7. The van der Waals surface area contributed by atoms with Gasteiger partial charge < -0.3 is 34.9 Å². The van der Waals surface area contributed by atoms with Crippen LogP contribution in [0.4, 0.5) is 0 Å². The number of benzene rings is 1. The first kappa shape index (κ1) is 37.9. The first-order valence-electron chi connectivity index (χ1n) is 15.7. The first-order valence-corrected chi connectivity index (χ1v) is 17.0. The molecule has 1 aromatic carbocycles. The van der Waals surface area contributed by atoms with E-state index in [1.165, 1.54) is 4.90 Å². The molecule has 13 heteroatoms. The Hall–Kier alpha value is -2.55. The molecule has 1 aromatic heterocycles. The maximum absolute atomic E-state index is 13.7. The van der Waals surface area contributed by atoms with Crippen molar-refractivity contribution in [3.05, 3.63) is 41.0 Å². The van der Waals surface area contributed by atoms with Crippen molar-refractivity contribution < 1.29 is 33.7 Å². The Balaban J connectivity index is 1.46. The minimum atomic E-state index is -1.06. The molecule has 0 bridgehead atoms. The van der Waals surface area contributed by atoms with Gasteiger partial charge in [-0.1, -0.05) is 45.0 Å². The normalized spacial score (nSPS) is 17.6. The molecule has 1 aliphatic rings. The SMILES string of the molecule is Cc1ncsc1-c1ccc(CNC(=O)[C@@H]2C[C@@H](O)CN2C(=O)[C@@H](NC(=O)COCCOCCOCCC(C)(C)C)C(C)(C)S)cc1. The van der Waals surface area contributed by atoms with Crippen molar-refractivity contribution in [1.29, 1.82) is 0 Å². The number of ether oxygens (including phenoxy) is 3. The molecule has 11 nitrogen and oxygen atoms in total. The molecule has 1 aliphatic heterocycles. The molecule has 256 valence electrons. The number of amides is 3. The van der Waals surface area contributed by atoms with Crippen LogP contribution in [0.25, 0.3) is 10.4 Å². The molecule has 0 spiro atoms. The zero-order valence-corrected chi connectivity index (χ0v) is 29.5. The summed E-state index contributed by atoms with van der Waals surface area (Å²) in [6.07, 6.45) is 0.196. The Morgan fingerprint density at radius 2 is 1.67 bits per heavy atom. The molecule has 3 rings (SSSR count). The number of hydrogen-bond acceptors (Lipinski definition) is 10. The van der Waals surface area contributed by atoms with E-state index in [0.717, 1.165) is 28.1 Å². The summed E-state index contributed by atoms with van der Waals surface area (Å²) in [5.74, 6) is -1.37. The lowest BCUT2D eigenvalue weighted by Gasteiger charge is -2.34. The lowest BCUT2D eigenvalue weighted by molar-refractivity contribution is -0.142. The van der Waals surface area contributed by atoms with Gasteiger partial charge >= 0.3 is 0 Å². The van der Waals surface area contributed by atoms with Gasteiger partial charge in [-0.05, 0) is 43.7 Å². The number of carbonyl (C=O) groups is 3. The number of aliphatic hydroxyl groups excluding tert-OH is 1. The molecular formula is C33H50N4O7S2. The first-order chi connectivity index (χ1) is 21.7. The van der Waals surface area contributed by atoms with E-state index in [2.05, 4.69) is 49.0 Å². The molecule has 3 amide bonds. The van der Waals surface area contributed by atoms with Gasteiger partial charge in [-0.3, -0.25) is 14.4 Å². The summed E-state index contributed by atoms with van der Waals surface area (Å²) in [4.78, 5) is 46.4. The molecule has 0 unspecified atom stereocenters. The Morgan fingerprint density at radius 3 is 2.26 bits per heavy atom. The second-order valence-electron chi connectivity index (χ2n) is 13.3. The van der Waals surface area contributed by atoms with E-state index < -0.39 is 34.7 Å². The highest BCUT2D eigenvalue weighted by atomic mass is 32.1. The highest BCUT2D eigenvalue weighted by Crippen LogP contribution is 2.28. The molecule has 3 atom stereocenters. The number of likely N-dealkylation sites (tertiary alicyclic amines) is 1. The number of thiol groups is 1. The van der Waals surface area contributed by atoms with E-state index in [1.54, 1.807) is 25.2 Å². The van der Waals surface area contributed by atoms with Crippen LogP contribution in [-0.2, 0) is 35.1 Å². The van der Waals surface area contributed by atoms with Crippen molar-refractivity contribution in [3.63, 3.8) is 0 Å². The molecule has 3 N–H and O–H groups in total. The van der Waals surface area contributed by atoms with Gasteiger partial charge in [0.1, 0.15) is 18.7 Å². The fourth-order valence-corrected chi connectivity index (χ4v) is 5.84. The quantitative estimate of drug-likeness (QED) is 0.148. The van der Waals surface area contributed by atoms with Crippen molar-refractivity contribution in [2.45, 2.75) is 83.9 Å². The number of nitrogens with one attached hydrogen (secondary N) is 2. The third-order valence-corrected chi connectivity index (χ3v) is 8.76. The predicted molar refractivity (Wildman–Crippen MR) is 182 cm³/mol. The molecule has 1 saturated heterocycles. The Labute approximate surface area is 282 Å². The minimum absolute atomic E-state index is 0.0240. The van der Waals surface area contributed by atoms with E-state index in [1.807, 2.05) is 36.7 Å². The van der Waals surface area contributed by atoms with Crippen LogP contribution < -0.4 is 10.6 Å². The maximum Gasteiger partial charge on any atom is 0.247 e. The Kier molecular flexibility index (Phi) is 14.5. The van der Waals surface area contributed by atoms with Gasteiger partial charge in [-0.15, -0.1) is 11.3 Å². The number of aliphatic hydroxyl groups is 1. The van der Waals surface area contributed by atoms with Gasteiger partial charge in [0.25, 0.3) is 0 Å². The number of thiazole rings is 1. The largest absolute Gasteiger partial charge is 0.391 e. The predicted octanol–water partition coefficient (Wildman–Crippen LogP) is 3.38. The van der Waals surface area contributed by atoms with E-state index in [-0.39, 0.29) is 44.0 Å². The van der Waals surface area contributed by atoms with Crippen LogP contribution in [0.1, 0.15) is 58.7 Å². The van der Waals surface area contributed by atoms with Gasteiger partial charge in [-0.2, -0.15) is 12.6 Å². The fourth-order valence-electron chi connectivity index (χ4n) is 4.86. The van der Waals surface area contributed by atoms with Crippen LogP contribution in [0.3, 0.4) is 0 Å². The van der Waals surface area contributed by atoms with E-state index in [0.29, 0.717) is 26.4 Å². The van der Waals surface area contributed by atoms with E-state index in [4.69, 9.17) is 14.2 Å². The monoisotopic (exact) mass is 678 g/mol. The van der Waals surface area contributed by atoms with Gasteiger partial charge in [0.05, 0.1) is 48.6 Å². The van der Waals surface area contributed by atoms with Crippen LogP contribution in [0.5, 0.6) is 0 Å². The molecule has 2 aromatic rings. The average molecular weight is 679 g/mol. The molecular weight excluding hydrogens is 629 g/mol. The third-order valence-electron chi connectivity index (χ3n) is 7.53. The van der Waals surface area contributed by atoms with Crippen LogP contribution in [0, 0.1) is 12.3 Å². The van der Waals surface area contributed by atoms with Gasteiger partial charge in [-0.25, -0.2) is 4.98 Å². The number of rotatable bonds is 17. The summed E-state index contributed by atoms with van der Waals surface area (Å²) in [5, 5.41) is 16.0. The van der Waals surface area contributed by atoms with Crippen molar-refractivity contribution in [1.82, 2.24) is 20.5 Å². The Morgan fingerprint density at radius 1 is 1.04 bits per heavy atom. The number of hydrogen-bond donors (Lipinski definition) is 4. The standard InChI is InChI=1S/C33H50N4O7S2/c1-22-28(46-21-35-22)24-9-7-23(8-10-24)18-34-30(40)26-17-25(38)19-37(26)31(41)29(33(5,6)45)36-27(39)20-44-16-15-43-14-13-42-12-11-32(2,3)4/h7-10,21,25-26,29,38,45H,11-20H2,1-6H3,(H,34,40)(H,36,39)/t25-,26+,29-/m1/s1.